The van der Waals surface area contributed by atoms with Crippen LogP contribution >= 0.6 is 0 Å². The van der Waals surface area contributed by atoms with Crippen LogP contribution in [0.1, 0.15) is 55.3 Å². The lowest BCUT2D eigenvalue weighted by Gasteiger charge is -2.16. The Morgan fingerprint density at radius 3 is 2.44 bits per heavy atom. The van der Waals surface area contributed by atoms with Gasteiger partial charge in [-0.1, -0.05) is 50.8 Å². The molecular weight excluding hydrogens is 306 g/mol. The van der Waals surface area contributed by atoms with Gasteiger partial charge in [0.05, 0.1) is 11.2 Å². The van der Waals surface area contributed by atoms with Gasteiger partial charge >= 0.3 is 0 Å². The van der Waals surface area contributed by atoms with E-state index in [2.05, 4.69) is 44.7 Å². The number of aromatic nitrogens is 1. The molecule has 0 saturated heterocycles. The predicted octanol–water partition coefficient (Wildman–Crippen LogP) is 6.67. The van der Waals surface area contributed by atoms with Crippen molar-refractivity contribution in [2.75, 3.05) is 0 Å². The Bertz CT molecular complexity index is 921. The molecule has 0 amide bonds. The van der Waals surface area contributed by atoms with Crippen molar-refractivity contribution in [2.45, 2.75) is 38.5 Å². The van der Waals surface area contributed by atoms with Gasteiger partial charge < -0.3 is 4.74 Å². The standard InChI is InChI=1S/C23H23NO/c1-4-19-22(17-9-10-17)24-21-8-6-5-7-20(21)23(19)25-18-13-11-16(12-14-18)15(2)3/h4-8,11-15,17H,1,9-10H2,2-3H3. The van der Waals surface area contributed by atoms with Crippen LogP contribution < -0.4 is 4.74 Å². The summed E-state index contributed by atoms with van der Waals surface area (Å²) in [5.74, 6) is 2.79. The number of ether oxygens (including phenoxy) is 1. The summed E-state index contributed by atoms with van der Waals surface area (Å²) in [7, 11) is 0. The first-order valence-electron chi connectivity index (χ1n) is 9.00. The molecule has 1 heterocycles. The average Bonchev–Trinajstić information content (AvgIpc) is 3.47. The fourth-order valence-corrected chi connectivity index (χ4v) is 3.23. The minimum atomic E-state index is 0.515. The van der Waals surface area contributed by atoms with Crippen LogP contribution in [0.2, 0.25) is 0 Å². The van der Waals surface area contributed by atoms with E-state index in [1.54, 1.807) is 0 Å². The van der Waals surface area contributed by atoms with Crippen LogP contribution in [-0.2, 0) is 0 Å². The van der Waals surface area contributed by atoms with Crippen molar-refractivity contribution >= 4 is 17.0 Å². The molecule has 0 N–H and O–H groups in total. The van der Waals surface area contributed by atoms with Crippen molar-refractivity contribution in [2.24, 2.45) is 0 Å². The quantitative estimate of drug-likeness (QED) is 0.521. The molecule has 2 heteroatoms. The van der Waals surface area contributed by atoms with Crippen molar-refractivity contribution in [3.63, 3.8) is 0 Å². The second-order valence-electron chi connectivity index (χ2n) is 7.06. The number of hydrogen-bond acceptors (Lipinski definition) is 2. The third-order valence-corrected chi connectivity index (χ3v) is 4.85. The Morgan fingerprint density at radius 1 is 1.08 bits per heavy atom. The zero-order valence-corrected chi connectivity index (χ0v) is 14.8. The Labute approximate surface area is 149 Å². The van der Waals surface area contributed by atoms with E-state index >= 15 is 0 Å². The number of fused-ring (bicyclic) bond motifs is 1. The van der Waals surface area contributed by atoms with Gasteiger partial charge in [0.25, 0.3) is 0 Å². The zero-order chi connectivity index (χ0) is 17.4. The minimum absolute atomic E-state index is 0.515. The smallest absolute Gasteiger partial charge is 0.145 e. The molecule has 2 aromatic carbocycles. The molecule has 1 aliphatic carbocycles. The molecule has 3 aromatic rings. The highest BCUT2D eigenvalue weighted by molar-refractivity contribution is 5.90. The zero-order valence-electron chi connectivity index (χ0n) is 14.8. The highest BCUT2D eigenvalue weighted by atomic mass is 16.5. The van der Waals surface area contributed by atoms with Crippen molar-refractivity contribution < 1.29 is 4.74 Å². The van der Waals surface area contributed by atoms with Gasteiger partial charge in [0.1, 0.15) is 11.5 Å². The normalized spacial score (nSPS) is 14.0. The SMILES string of the molecule is C=Cc1c(C2CC2)nc2ccccc2c1Oc1ccc(C(C)C)cc1. The summed E-state index contributed by atoms with van der Waals surface area (Å²) in [5.41, 5.74) is 4.47. The molecule has 1 aliphatic rings. The van der Waals surface area contributed by atoms with Crippen molar-refractivity contribution in [3.8, 4) is 11.5 Å². The highest BCUT2D eigenvalue weighted by Crippen LogP contribution is 2.45. The number of benzene rings is 2. The number of pyridine rings is 1. The summed E-state index contributed by atoms with van der Waals surface area (Å²) in [6.07, 6.45) is 4.30. The van der Waals surface area contributed by atoms with E-state index in [4.69, 9.17) is 9.72 Å². The molecule has 1 aromatic heterocycles. The van der Waals surface area contributed by atoms with Crippen molar-refractivity contribution in [3.05, 3.63) is 71.9 Å². The van der Waals surface area contributed by atoms with E-state index < -0.39 is 0 Å². The van der Waals surface area contributed by atoms with Crippen LogP contribution in [0, 0.1) is 0 Å². The lowest BCUT2D eigenvalue weighted by molar-refractivity contribution is 0.485. The summed E-state index contributed by atoms with van der Waals surface area (Å²) in [6.45, 7) is 8.42. The maximum atomic E-state index is 6.36. The third-order valence-electron chi connectivity index (χ3n) is 4.85. The fraction of sp³-hybridized carbons (Fsp3) is 0.261. The number of para-hydroxylation sites is 1. The first-order valence-corrected chi connectivity index (χ1v) is 9.00. The summed E-state index contributed by atoms with van der Waals surface area (Å²) in [5, 5.41) is 1.04. The first-order chi connectivity index (χ1) is 12.2. The second-order valence-corrected chi connectivity index (χ2v) is 7.06. The van der Waals surface area contributed by atoms with Crippen LogP contribution in [0.4, 0.5) is 0 Å². The Balaban J connectivity index is 1.83. The molecule has 1 saturated carbocycles. The summed E-state index contributed by atoms with van der Waals surface area (Å²) < 4.78 is 6.36. The Morgan fingerprint density at radius 2 is 1.80 bits per heavy atom. The lowest BCUT2D eigenvalue weighted by Crippen LogP contribution is -1.98. The molecule has 0 atom stereocenters. The minimum Gasteiger partial charge on any atom is -0.456 e. The van der Waals surface area contributed by atoms with Gasteiger partial charge in [-0.05, 0) is 48.6 Å². The number of nitrogens with zero attached hydrogens (tertiary/aromatic N) is 1. The van der Waals surface area contributed by atoms with E-state index in [0.717, 1.165) is 33.7 Å². The van der Waals surface area contributed by atoms with Gasteiger partial charge in [0.15, 0.2) is 0 Å². The largest absolute Gasteiger partial charge is 0.456 e. The number of rotatable bonds is 5. The monoisotopic (exact) mass is 329 g/mol. The van der Waals surface area contributed by atoms with E-state index in [9.17, 15) is 0 Å². The van der Waals surface area contributed by atoms with Crippen LogP contribution in [0.3, 0.4) is 0 Å². The lowest BCUT2D eigenvalue weighted by atomic mass is 10.0. The Kier molecular flexibility index (Phi) is 4.04. The van der Waals surface area contributed by atoms with Crippen molar-refractivity contribution in [1.82, 2.24) is 4.98 Å². The maximum absolute atomic E-state index is 6.36. The molecule has 0 bridgehead atoms. The van der Waals surface area contributed by atoms with E-state index in [1.165, 1.54) is 18.4 Å². The maximum Gasteiger partial charge on any atom is 0.145 e. The first kappa shape index (κ1) is 15.9. The van der Waals surface area contributed by atoms with Crippen LogP contribution in [0.15, 0.2) is 55.1 Å². The highest BCUT2D eigenvalue weighted by Gasteiger charge is 2.29. The Hall–Kier alpha value is -2.61. The molecule has 25 heavy (non-hydrogen) atoms. The molecule has 4 rings (SSSR count). The summed E-state index contributed by atoms with van der Waals surface area (Å²) in [4.78, 5) is 4.90. The average molecular weight is 329 g/mol. The number of hydrogen-bond donors (Lipinski definition) is 0. The topological polar surface area (TPSA) is 22.1 Å². The second kappa shape index (κ2) is 6.36. The fourth-order valence-electron chi connectivity index (χ4n) is 3.23. The van der Waals surface area contributed by atoms with Crippen LogP contribution in [0.25, 0.3) is 17.0 Å². The molecule has 1 fully saturated rings. The van der Waals surface area contributed by atoms with Gasteiger partial charge in [-0.2, -0.15) is 0 Å². The predicted molar refractivity (Wildman–Crippen MR) is 104 cm³/mol. The summed E-state index contributed by atoms with van der Waals surface area (Å²) >= 11 is 0. The molecule has 0 spiro atoms. The molecular formula is C23H23NO. The molecule has 0 radical (unpaired) electrons. The molecule has 126 valence electrons. The van der Waals surface area contributed by atoms with Crippen LogP contribution in [-0.4, -0.2) is 4.98 Å². The van der Waals surface area contributed by atoms with E-state index in [-0.39, 0.29) is 0 Å². The van der Waals surface area contributed by atoms with Gasteiger partial charge in [-0.3, -0.25) is 4.98 Å². The molecule has 0 unspecified atom stereocenters. The van der Waals surface area contributed by atoms with Gasteiger partial charge in [0, 0.05) is 16.9 Å². The van der Waals surface area contributed by atoms with Gasteiger partial charge in [-0.15, -0.1) is 0 Å². The van der Waals surface area contributed by atoms with Crippen LogP contribution in [0.5, 0.6) is 11.5 Å². The van der Waals surface area contributed by atoms with E-state index in [1.807, 2.05) is 30.3 Å². The van der Waals surface area contributed by atoms with Gasteiger partial charge in [-0.25, -0.2) is 0 Å². The molecule has 2 nitrogen and oxygen atoms in total. The van der Waals surface area contributed by atoms with E-state index in [0.29, 0.717) is 11.8 Å². The van der Waals surface area contributed by atoms with Crippen molar-refractivity contribution in [1.29, 1.82) is 0 Å². The summed E-state index contributed by atoms with van der Waals surface area (Å²) in [6, 6.07) is 16.6. The molecule has 0 aliphatic heterocycles. The van der Waals surface area contributed by atoms with Gasteiger partial charge in [0.2, 0.25) is 0 Å². The third kappa shape index (κ3) is 3.05.